The number of urea groups is 1. The smallest absolute Gasteiger partial charge is 0.335 e. The molecule has 0 atom stereocenters. The molecule has 9 heteroatoms. The highest BCUT2D eigenvalue weighted by molar-refractivity contribution is 6.39. The molecule has 3 rings (SSSR count). The lowest BCUT2D eigenvalue weighted by atomic mass is 10.1. The van der Waals surface area contributed by atoms with Gasteiger partial charge in [0.1, 0.15) is 23.7 Å². The lowest BCUT2D eigenvalue weighted by molar-refractivity contribution is -0.307. The topological polar surface area (TPSA) is 116 Å². The molecule has 0 saturated carbocycles. The van der Waals surface area contributed by atoms with E-state index in [2.05, 4.69) is 0 Å². The van der Waals surface area contributed by atoms with Crippen LogP contribution in [0.5, 0.6) is 5.75 Å². The number of barbiturate groups is 1. The number of carbonyl (C=O) groups excluding carboxylic acids is 4. The van der Waals surface area contributed by atoms with E-state index in [1.54, 1.807) is 12.1 Å². The van der Waals surface area contributed by atoms with Gasteiger partial charge in [0.25, 0.3) is 11.8 Å². The van der Waals surface area contributed by atoms with Gasteiger partial charge in [0.2, 0.25) is 0 Å². The zero-order valence-electron chi connectivity index (χ0n) is 14.2. The maximum Gasteiger partial charge on any atom is 0.335 e. The summed E-state index contributed by atoms with van der Waals surface area (Å²) in [6.07, 6.45) is 1.17. The normalized spacial score (nSPS) is 15.5. The summed E-state index contributed by atoms with van der Waals surface area (Å²) in [5.41, 5.74) is -0.0622. The van der Waals surface area contributed by atoms with Crippen molar-refractivity contribution in [1.82, 2.24) is 5.32 Å². The van der Waals surface area contributed by atoms with Crippen molar-refractivity contribution in [3.63, 3.8) is 0 Å². The quantitative estimate of drug-likeness (QED) is 0.598. The van der Waals surface area contributed by atoms with Crippen LogP contribution in [-0.4, -0.2) is 30.4 Å². The zero-order valence-corrected chi connectivity index (χ0v) is 14.2. The molecule has 1 saturated heterocycles. The predicted octanol–water partition coefficient (Wildman–Crippen LogP) is 0.621. The maximum atomic E-state index is 13.1. The van der Waals surface area contributed by atoms with Crippen LogP contribution in [0.2, 0.25) is 0 Å². The van der Waals surface area contributed by atoms with E-state index >= 15 is 0 Å². The molecule has 1 fully saturated rings. The molecule has 0 unspecified atom stereocenters. The third kappa shape index (κ3) is 3.88. The predicted molar refractivity (Wildman–Crippen MR) is 92.3 cm³/mol. The van der Waals surface area contributed by atoms with E-state index in [1.165, 1.54) is 30.3 Å². The van der Waals surface area contributed by atoms with E-state index in [0.717, 1.165) is 12.1 Å². The molecule has 8 nitrogen and oxygen atoms in total. The number of hydrogen-bond donors (Lipinski definition) is 1. The lowest BCUT2D eigenvalue weighted by Crippen LogP contribution is -2.54. The Morgan fingerprint density at radius 1 is 1.11 bits per heavy atom. The summed E-state index contributed by atoms with van der Waals surface area (Å²) in [4.78, 5) is 48.3. The molecule has 1 aliphatic heterocycles. The fraction of sp³-hybridized carbons (Fsp3) is 0.0526. The first-order valence-electron chi connectivity index (χ1n) is 7.95. The van der Waals surface area contributed by atoms with Crippen molar-refractivity contribution in [2.45, 2.75) is 0 Å². The second-order valence-corrected chi connectivity index (χ2v) is 5.63. The second kappa shape index (κ2) is 7.70. The number of halogens is 1. The van der Waals surface area contributed by atoms with Crippen LogP contribution in [0.25, 0.3) is 6.08 Å². The molecule has 2 aromatic carbocycles. The minimum absolute atomic E-state index is 0.0730. The van der Waals surface area contributed by atoms with E-state index in [-0.39, 0.29) is 22.6 Å². The molecule has 28 heavy (non-hydrogen) atoms. The summed E-state index contributed by atoms with van der Waals surface area (Å²) in [5.74, 6) is -3.75. The van der Waals surface area contributed by atoms with Gasteiger partial charge < -0.3 is 14.6 Å². The van der Waals surface area contributed by atoms with Gasteiger partial charge in [0.15, 0.2) is 0 Å². The first-order valence-corrected chi connectivity index (χ1v) is 7.95. The summed E-state index contributed by atoms with van der Waals surface area (Å²) in [7, 11) is 0. The Kier molecular flexibility index (Phi) is 5.16. The fourth-order valence-electron chi connectivity index (χ4n) is 2.51. The molecule has 0 radical (unpaired) electrons. The van der Waals surface area contributed by atoms with Crippen LogP contribution in [-0.2, 0) is 14.4 Å². The number of carboxylic acid groups (broad SMARTS) is 1. The van der Waals surface area contributed by atoms with Gasteiger partial charge in [-0.05, 0) is 36.4 Å². The minimum Gasteiger partial charge on any atom is -0.546 e. The number of imide groups is 2. The maximum absolute atomic E-state index is 13.1. The van der Waals surface area contributed by atoms with Crippen molar-refractivity contribution in [3.05, 3.63) is 65.5 Å². The van der Waals surface area contributed by atoms with Gasteiger partial charge in [-0.25, -0.2) is 14.1 Å². The number of ether oxygens (including phenoxy) is 1. The number of para-hydroxylation sites is 1. The summed E-state index contributed by atoms with van der Waals surface area (Å²) in [6, 6.07) is 9.71. The molecule has 0 aliphatic carbocycles. The highest BCUT2D eigenvalue weighted by atomic mass is 19.1. The van der Waals surface area contributed by atoms with E-state index < -0.39 is 36.2 Å². The average molecular weight is 383 g/mol. The van der Waals surface area contributed by atoms with Crippen molar-refractivity contribution in [2.75, 3.05) is 11.5 Å². The van der Waals surface area contributed by atoms with Crippen molar-refractivity contribution in [1.29, 1.82) is 0 Å². The Hall–Kier alpha value is -4.01. The van der Waals surface area contributed by atoms with Crippen molar-refractivity contribution >= 4 is 35.6 Å². The molecule has 142 valence electrons. The standard InChI is InChI=1S/C19H13FN2O6/c20-12-5-7-13(8-6-12)22-18(26)14(17(25)21-19(22)27)9-11-3-1-2-4-15(11)28-10-16(23)24/h1-9H,10H2,(H,23,24)(H,21,25,27)/p-1/b14-9+. The minimum atomic E-state index is -1.44. The number of nitrogens with one attached hydrogen (secondary N) is 1. The van der Waals surface area contributed by atoms with Gasteiger partial charge in [-0.1, -0.05) is 18.2 Å². The van der Waals surface area contributed by atoms with Crippen LogP contribution in [0, 0.1) is 5.82 Å². The van der Waals surface area contributed by atoms with Gasteiger partial charge in [-0.15, -0.1) is 0 Å². The second-order valence-electron chi connectivity index (χ2n) is 5.63. The molecule has 1 aliphatic rings. The summed E-state index contributed by atoms with van der Waals surface area (Å²) in [6.45, 7) is -0.722. The summed E-state index contributed by atoms with van der Waals surface area (Å²) < 4.78 is 18.2. The summed E-state index contributed by atoms with van der Waals surface area (Å²) >= 11 is 0. The summed E-state index contributed by atoms with van der Waals surface area (Å²) in [5, 5.41) is 12.6. The van der Waals surface area contributed by atoms with Gasteiger partial charge in [-0.3, -0.25) is 14.9 Å². The number of rotatable bonds is 5. The molecule has 0 bridgehead atoms. The van der Waals surface area contributed by atoms with Crippen LogP contribution in [0.1, 0.15) is 5.56 Å². The number of amides is 4. The number of nitrogens with zero attached hydrogens (tertiary/aromatic N) is 1. The Labute approximate surface area is 157 Å². The number of carboxylic acids is 1. The van der Waals surface area contributed by atoms with E-state index in [1.807, 2.05) is 5.32 Å². The Balaban J connectivity index is 1.98. The van der Waals surface area contributed by atoms with Crippen molar-refractivity contribution in [2.24, 2.45) is 0 Å². The van der Waals surface area contributed by atoms with Gasteiger partial charge in [0.05, 0.1) is 11.7 Å². The van der Waals surface area contributed by atoms with Gasteiger partial charge in [0, 0.05) is 5.56 Å². The third-order valence-electron chi connectivity index (χ3n) is 3.75. The largest absolute Gasteiger partial charge is 0.546 e. The Morgan fingerprint density at radius 2 is 1.79 bits per heavy atom. The van der Waals surface area contributed by atoms with Crippen LogP contribution >= 0.6 is 0 Å². The molecular weight excluding hydrogens is 371 g/mol. The molecule has 1 heterocycles. The van der Waals surface area contributed by atoms with Crippen LogP contribution in [0.3, 0.4) is 0 Å². The van der Waals surface area contributed by atoms with Gasteiger partial charge in [-0.2, -0.15) is 0 Å². The molecule has 4 amide bonds. The SMILES string of the molecule is O=C([O-])COc1ccccc1/C=C1\C(=O)NC(=O)N(c2ccc(F)cc2)C1=O. The monoisotopic (exact) mass is 383 g/mol. The number of aliphatic carboxylic acids is 1. The van der Waals surface area contributed by atoms with Crippen molar-refractivity contribution in [3.8, 4) is 5.75 Å². The van der Waals surface area contributed by atoms with Gasteiger partial charge >= 0.3 is 6.03 Å². The number of carbonyl (C=O) groups is 4. The fourth-order valence-corrected chi connectivity index (χ4v) is 2.51. The molecule has 0 spiro atoms. The third-order valence-corrected chi connectivity index (χ3v) is 3.75. The highest BCUT2D eigenvalue weighted by Crippen LogP contribution is 2.25. The van der Waals surface area contributed by atoms with E-state index in [0.29, 0.717) is 4.90 Å². The van der Waals surface area contributed by atoms with E-state index in [9.17, 15) is 28.7 Å². The molecule has 1 N–H and O–H groups in total. The first kappa shape index (κ1) is 18.8. The molecule has 0 aromatic heterocycles. The van der Waals surface area contributed by atoms with E-state index in [4.69, 9.17) is 4.74 Å². The number of hydrogen-bond acceptors (Lipinski definition) is 6. The number of benzene rings is 2. The Bertz CT molecular complexity index is 1000. The van der Waals surface area contributed by atoms with Crippen LogP contribution < -0.4 is 20.1 Å². The zero-order chi connectivity index (χ0) is 20.3. The Morgan fingerprint density at radius 3 is 2.46 bits per heavy atom. The highest BCUT2D eigenvalue weighted by Gasteiger charge is 2.36. The molecular formula is C19H12FN2O6-. The van der Waals surface area contributed by atoms with Crippen LogP contribution in [0.15, 0.2) is 54.1 Å². The average Bonchev–Trinajstić information content (AvgIpc) is 2.65. The first-order chi connectivity index (χ1) is 13.4. The van der Waals surface area contributed by atoms with Crippen LogP contribution in [0.4, 0.5) is 14.9 Å². The molecule has 2 aromatic rings. The number of anilines is 1. The lowest BCUT2D eigenvalue weighted by Gasteiger charge is -2.26. The van der Waals surface area contributed by atoms with Crippen molar-refractivity contribution < 1.29 is 33.4 Å².